The van der Waals surface area contributed by atoms with Crippen molar-refractivity contribution in [1.82, 2.24) is 15.4 Å². The molecule has 3 N–H and O–H groups in total. The number of aromatic nitrogens is 2. The Kier molecular flexibility index (Phi) is 8.55. The summed E-state index contributed by atoms with van der Waals surface area (Å²) in [5.74, 6) is -2.37. The van der Waals surface area contributed by atoms with Gasteiger partial charge in [-0.1, -0.05) is 26.0 Å². The first-order chi connectivity index (χ1) is 17.3. The van der Waals surface area contributed by atoms with Gasteiger partial charge in [-0.25, -0.2) is 14.9 Å². The molecule has 0 radical (unpaired) electrons. The number of para-hydroxylation sites is 1. The van der Waals surface area contributed by atoms with Gasteiger partial charge < -0.3 is 15.2 Å². The first kappa shape index (κ1) is 28.1. The van der Waals surface area contributed by atoms with E-state index in [1.54, 1.807) is 18.2 Å². The maximum absolute atomic E-state index is 14.5. The number of nitrogens with one attached hydrogen (secondary N) is 3. The van der Waals surface area contributed by atoms with Crippen molar-refractivity contribution in [2.75, 3.05) is 30.6 Å². The molecule has 198 valence electrons. The van der Waals surface area contributed by atoms with E-state index < -0.39 is 36.4 Å². The lowest BCUT2D eigenvalue weighted by molar-refractivity contribution is -0.137. The van der Waals surface area contributed by atoms with Crippen LogP contribution < -0.4 is 21.4 Å². The number of anilines is 4. The fourth-order valence-corrected chi connectivity index (χ4v) is 4.31. The summed E-state index contributed by atoms with van der Waals surface area (Å²) in [6, 6.07) is 9.78. The lowest BCUT2D eigenvalue weighted by Gasteiger charge is -2.18. The molecule has 8 nitrogen and oxygen atoms in total. The second kappa shape index (κ2) is 11.3. The van der Waals surface area contributed by atoms with E-state index in [4.69, 9.17) is 4.84 Å². The number of halogens is 4. The smallest absolute Gasteiger partial charge is 0.339 e. The van der Waals surface area contributed by atoms with Gasteiger partial charge in [0.05, 0.1) is 17.9 Å². The third kappa shape index (κ3) is 7.50. The predicted molar refractivity (Wildman–Crippen MR) is 134 cm³/mol. The number of hydroxylamine groups is 1. The lowest BCUT2D eigenvalue weighted by Crippen LogP contribution is -2.26. The first-order valence-corrected chi connectivity index (χ1v) is 13.7. The summed E-state index contributed by atoms with van der Waals surface area (Å²) in [4.78, 5) is 24.7. The van der Waals surface area contributed by atoms with E-state index in [2.05, 4.69) is 26.1 Å². The zero-order valence-electron chi connectivity index (χ0n) is 20.5. The Balaban J connectivity index is 1.88. The Labute approximate surface area is 211 Å². The molecule has 0 spiro atoms. The molecule has 1 aromatic heterocycles. The number of alkyl halides is 3. The van der Waals surface area contributed by atoms with Gasteiger partial charge in [-0.15, -0.1) is 0 Å². The zero-order chi connectivity index (χ0) is 27.4. The summed E-state index contributed by atoms with van der Waals surface area (Å²) in [7, 11) is -2.83. The number of hydrogen-bond acceptors (Lipinski definition) is 7. The lowest BCUT2D eigenvalue weighted by atomic mass is 10.2. The molecule has 0 aliphatic carbocycles. The number of rotatable bonds is 9. The minimum atomic E-state index is -4.78. The van der Waals surface area contributed by atoms with E-state index >= 15 is 0 Å². The molecular formula is C24H26F4N5O3P. The Morgan fingerprint density at radius 2 is 1.81 bits per heavy atom. The van der Waals surface area contributed by atoms with Crippen molar-refractivity contribution in [3.8, 4) is 0 Å². The third-order valence-electron chi connectivity index (χ3n) is 4.88. The molecule has 2 aromatic carbocycles. The Morgan fingerprint density at radius 1 is 1.11 bits per heavy atom. The molecule has 13 heteroatoms. The summed E-state index contributed by atoms with van der Waals surface area (Å²) in [6.07, 6.45) is -4.20. The van der Waals surface area contributed by atoms with Crippen LogP contribution in [0.3, 0.4) is 0 Å². The summed E-state index contributed by atoms with van der Waals surface area (Å²) in [5.41, 5.74) is 1.01. The fourth-order valence-electron chi connectivity index (χ4n) is 3.16. The van der Waals surface area contributed by atoms with E-state index in [1.165, 1.54) is 31.5 Å². The van der Waals surface area contributed by atoms with Crippen LogP contribution >= 0.6 is 7.14 Å². The zero-order valence-corrected chi connectivity index (χ0v) is 21.4. The second-order valence-electron chi connectivity index (χ2n) is 8.90. The van der Waals surface area contributed by atoms with Gasteiger partial charge in [-0.05, 0) is 49.6 Å². The van der Waals surface area contributed by atoms with Crippen molar-refractivity contribution < 1.29 is 31.8 Å². The van der Waals surface area contributed by atoms with E-state index in [0.29, 0.717) is 11.5 Å². The van der Waals surface area contributed by atoms with E-state index in [9.17, 15) is 26.9 Å². The molecule has 1 amide bonds. The summed E-state index contributed by atoms with van der Waals surface area (Å²) >= 11 is 0. The van der Waals surface area contributed by atoms with Crippen molar-refractivity contribution in [3.63, 3.8) is 0 Å². The van der Waals surface area contributed by atoms with Gasteiger partial charge in [0.15, 0.2) is 0 Å². The van der Waals surface area contributed by atoms with Crippen molar-refractivity contribution in [1.29, 1.82) is 0 Å². The van der Waals surface area contributed by atoms with Crippen LogP contribution in [0.4, 0.5) is 40.7 Å². The van der Waals surface area contributed by atoms with Crippen molar-refractivity contribution in [2.45, 2.75) is 20.0 Å². The minimum absolute atomic E-state index is 0.0925. The standard InChI is InChI=1S/C24H26F4N5O3P/c1-14(2)13-36-33-22(34)16-10-9-15(11-18(16)25)30-23-29-12-17(24(26,27)28)21(32-23)31-19-7-5-6-8-20(19)37(3,4)35/h5-12,14H,13H2,1-4H3,(H,33,34)(H2,29,30,31,32). The van der Waals surface area contributed by atoms with Crippen LogP contribution in [-0.4, -0.2) is 35.8 Å². The largest absolute Gasteiger partial charge is 0.421 e. The van der Waals surface area contributed by atoms with E-state index in [0.717, 1.165) is 6.07 Å². The quantitative estimate of drug-likeness (QED) is 0.182. The average Bonchev–Trinajstić information content (AvgIpc) is 2.78. The second-order valence-corrected chi connectivity index (χ2v) is 12.1. The molecule has 3 aromatic rings. The monoisotopic (exact) mass is 539 g/mol. The molecule has 0 saturated heterocycles. The SMILES string of the molecule is CC(C)CONC(=O)c1ccc(Nc2ncc(C(F)(F)F)c(Nc3ccccc3P(C)(C)=O)n2)cc1F. The van der Waals surface area contributed by atoms with Gasteiger partial charge >= 0.3 is 6.18 Å². The maximum atomic E-state index is 14.5. The van der Waals surface area contributed by atoms with E-state index in [1.807, 2.05) is 13.8 Å². The number of amides is 1. The number of carbonyl (C=O) groups excluding carboxylic acids is 1. The third-order valence-corrected chi connectivity index (χ3v) is 6.43. The highest BCUT2D eigenvalue weighted by Gasteiger charge is 2.35. The topological polar surface area (TPSA) is 105 Å². The Hall–Kier alpha value is -3.50. The van der Waals surface area contributed by atoms with Crippen molar-refractivity contribution in [2.24, 2.45) is 5.92 Å². The number of benzene rings is 2. The van der Waals surface area contributed by atoms with Crippen LogP contribution in [-0.2, 0) is 15.6 Å². The van der Waals surface area contributed by atoms with Crippen LogP contribution in [0, 0.1) is 11.7 Å². The summed E-state index contributed by atoms with van der Waals surface area (Å²) in [5, 5.41) is 5.60. The highest BCUT2D eigenvalue weighted by atomic mass is 31.2. The number of hydrogen-bond donors (Lipinski definition) is 3. The highest BCUT2D eigenvalue weighted by molar-refractivity contribution is 7.70. The van der Waals surface area contributed by atoms with Gasteiger partial charge in [0.2, 0.25) is 5.95 Å². The predicted octanol–water partition coefficient (Wildman–Crippen LogP) is 5.69. The van der Waals surface area contributed by atoms with Gasteiger partial charge in [-0.2, -0.15) is 18.2 Å². The molecule has 3 rings (SSSR count). The van der Waals surface area contributed by atoms with Gasteiger partial charge in [0.25, 0.3) is 5.91 Å². The first-order valence-electron chi connectivity index (χ1n) is 11.1. The fraction of sp³-hybridized carbons (Fsp3) is 0.292. The minimum Gasteiger partial charge on any atom is -0.339 e. The molecule has 0 bridgehead atoms. The molecule has 1 heterocycles. The molecule has 0 aliphatic heterocycles. The van der Waals surface area contributed by atoms with Crippen molar-refractivity contribution >= 4 is 41.5 Å². The van der Waals surface area contributed by atoms with Crippen LogP contribution in [0.2, 0.25) is 0 Å². The molecule has 0 saturated carbocycles. The molecule has 0 aliphatic rings. The highest BCUT2D eigenvalue weighted by Crippen LogP contribution is 2.40. The van der Waals surface area contributed by atoms with E-state index in [-0.39, 0.29) is 35.4 Å². The van der Waals surface area contributed by atoms with Crippen LogP contribution in [0.1, 0.15) is 29.8 Å². The van der Waals surface area contributed by atoms with Crippen LogP contribution in [0.25, 0.3) is 0 Å². The summed E-state index contributed by atoms with van der Waals surface area (Å²) in [6.45, 7) is 7.00. The number of nitrogens with zero attached hydrogens (tertiary/aromatic N) is 2. The normalized spacial score (nSPS) is 11.9. The van der Waals surface area contributed by atoms with Crippen LogP contribution in [0.15, 0.2) is 48.7 Å². The molecule has 0 unspecified atom stereocenters. The maximum Gasteiger partial charge on any atom is 0.421 e. The van der Waals surface area contributed by atoms with Gasteiger partial charge in [-0.3, -0.25) is 9.63 Å². The summed E-state index contributed by atoms with van der Waals surface area (Å²) < 4.78 is 68.2. The molecule has 0 fully saturated rings. The molecular weight excluding hydrogens is 513 g/mol. The Morgan fingerprint density at radius 3 is 2.43 bits per heavy atom. The van der Waals surface area contributed by atoms with Crippen LogP contribution in [0.5, 0.6) is 0 Å². The Bertz CT molecular complexity index is 1330. The molecule has 0 atom stereocenters. The van der Waals surface area contributed by atoms with Crippen molar-refractivity contribution in [3.05, 3.63) is 65.6 Å². The average molecular weight is 539 g/mol. The number of carbonyl (C=O) groups is 1. The van der Waals surface area contributed by atoms with Gasteiger partial charge in [0.1, 0.15) is 24.3 Å². The van der Waals surface area contributed by atoms with Gasteiger partial charge in [0, 0.05) is 17.2 Å². The molecule has 37 heavy (non-hydrogen) atoms.